The third-order valence-electron chi connectivity index (χ3n) is 7.59. The summed E-state index contributed by atoms with van der Waals surface area (Å²) in [5.41, 5.74) is 3.01. The van der Waals surface area contributed by atoms with Crippen molar-refractivity contribution in [1.82, 2.24) is 29.6 Å². The Morgan fingerprint density at radius 1 is 1.16 bits per heavy atom. The van der Waals surface area contributed by atoms with E-state index < -0.39 is 5.24 Å². The van der Waals surface area contributed by atoms with Gasteiger partial charge in [-0.1, -0.05) is 30.3 Å². The van der Waals surface area contributed by atoms with Crippen molar-refractivity contribution < 1.29 is 9.53 Å². The smallest absolute Gasteiger partial charge is 0.233 e. The SMILES string of the molecule is [B]C([B])([B])n1ncc(-c2ncnc3cc(OC)c(NC(=O)C45CC4(N(C)C)C5)nc23)c1-c1ccccc1. The predicted molar refractivity (Wildman–Crippen MR) is 142 cm³/mol. The highest BCUT2D eigenvalue weighted by Crippen LogP contribution is 2.81. The third-order valence-corrected chi connectivity index (χ3v) is 7.59. The number of fused-ring (bicyclic) bond motifs is 2. The Morgan fingerprint density at radius 3 is 2.51 bits per heavy atom. The fourth-order valence-electron chi connectivity index (χ4n) is 5.30. The topological polar surface area (TPSA) is 98.1 Å². The van der Waals surface area contributed by atoms with Crippen molar-refractivity contribution in [3.05, 3.63) is 48.9 Å². The van der Waals surface area contributed by atoms with E-state index in [0.29, 0.717) is 39.6 Å². The second-order valence-electron chi connectivity index (χ2n) is 10.0. The zero-order chi connectivity index (χ0) is 26.2. The van der Waals surface area contributed by atoms with Gasteiger partial charge in [0.05, 0.1) is 53.5 Å². The summed E-state index contributed by atoms with van der Waals surface area (Å²) in [6, 6.07) is 11.2. The molecule has 2 fully saturated rings. The Kier molecular flexibility index (Phi) is 5.08. The summed E-state index contributed by atoms with van der Waals surface area (Å²) < 4.78 is 6.89. The van der Waals surface area contributed by atoms with Gasteiger partial charge in [-0.25, -0.2) is 15.0 Å². The predicted octanol–water partition coefficient (Wildman–Crippen LogP) is 1.67. The first-order chi connectivity index (χ1) is 17.6. The summed E-state index contributed by atoms with van der Waals surface area (Å²) >= 11 is 0. The van der Waals surface area contributed by atoms with Crippen molar-refractivity contribution in [2.24, 2.45) is 5.41 Å². The number of rotatable bonds is 7. The van der Waals surface area contributed by atoms with Gasteiger partial charge in [-0.05, 0) is 32.2 Å². The van der Waals surface area contributed by atoms with E-state index in [1.807, 2.05) is 44.4 Å². The number of nitrogens with one attached hydrogen (secondary N) is 1. The molecular formula is C25H22B3N7O2. The molecule has 12 heteroatoms. The number of pyridine rings is 1. The minimum atomic E-state index is -1.76. The van der Waals surface area contributed by atoms with E-state index in [-0.39, 0.29) is 16.9 Å². The molecule has 2 saturated carbocycles. The van der Waals surface area contributed by atoms with Crippen LogP contribution >= 0.6 is 0 Å². The fourth-order valence-corrected chi connectivity index (χ4v) is 5.30. The van der Waals surface area contributed by atoms with E-state index in [2.05, 4.69) is 25.3 Å². The molecule has 3 aromatic heterocycles. The number of ether oxygens (including phenoxy) is 1. The number of anilines is 1. The summed E-state index contributed by atoms with van der Waals surface area (Å²) in [6.07, 6.45) is 4.69. The number of hydrogen-bond acceptors (Lipinski definition) is 7. The van der Waals surface area contributed by atoms with Crippen molar-refractivity contribution in [3.63, 3.8) is 0 Å². The lowest BCUT2D eigenvalue weighted by molar-refractivity contribution is -0.119. The molecule has 9 nitrogen and oxygen atoms in total. The molecule has 0 spiro atoms. The van der Waals surface area contributed by atoms with Crippen LogP contribution in [0.4, 0.5) is 5.82 Å². The van der Waals surface area contributed by atoms with Crippen molar-refractivity contribution in [3.8, 4) is 28.3 Å². The van der Waals surface area contributed by atoms with Gasteiger partial charge in [0.15, 0.2) is 11.6 Å². The molecule has 1 amide bonds. The zero-order valence-corrected chi connectivity index (χ0v) is 20.8. The Labute approximate surface area is 218 Å². The van der Waals surface area contributed by atoms with E-state index in [0.717, 1.165) is 18.4 Å². The van der Waals surface area contributed by atoms with E-state index in [4.69, 9.17) is 33.3 Å². The van der Waals surface area contributed by atoms with Crippen LogP contribution < -0.4 is 10.1 Å². The number of carbonyl (C=O) groups excluding carboxylic acids is 1. The Morgan fingerprint density at radius 2 is 1.89 bits per heavy atom. The normalized spacial score (nSPS) is 22.1. The fraction of sp³-hybridized carbons (Fsp3) is 0.320. The van der Waals surface area contributed by atoms with Gasteiger partial charge >= 0.3 is 0 Å². The maximum Gasteiger partial charge on any atom is 0.233 e. The monoisotopic (exact) mass is 485 g/mol. The van der Waals surface area contributed by atoms with Crippen LogP contribution in [-0.4, -0.2) is 85.8 Å². The molecule has 6 rings (SSSR count). The Hall–Kier alpha value is -3.66. The van der Waals surface area contributed by atoms with Gasteiger partial charge < -0.3 is 15.0 Å². The van der Waals surface area contributed by atoms with Crippen molar-refractivity contribution in [2.45, 2.75) is 23.6 Å². The highest BCUT2D eigenvalue weighted by Gasteiger charge is 2.88. The summed E-state index contributed by atoms with van der Waals surface area (Å²) in [4.78, 5) is 29.0. The molecule has 0 saturated heterocycles. The van der Waals surface area contributed by atoms with Crippen molar-refractivity contribution >= 4 is 46.3 Å². The highest BCUT2D eigenvalue weighted by molar-refractivity contribution is 6.56. The molecule has 1 N–H and O–H groups in total. The first-order valence-electron chi connectivity index (χ1n) is 11.8. The standard InChI is InChI=1S/C25H22B3N7O2/c1-34(2)24-11-23(24,12-24)22(36)33-21-17(37-3)9-16-19(32-21)18(30-13-29-16)15-10-31-35(25(26,27)28)20(15)14-7-5-4-6-8-14/h4-10,13H,11-12H2,1-3H3,(H,32,33,36). The highest BCUT2D eigenvalue weighted by atomic mass is 16.5. The molecule has 0 bridgehead atoms. The minimum absolute atomic E-state index is 0.0478. The van der Waals surface area contributed by atoms with Crippen LogP contribution in [0.25, 0.3) is 33.5 Å². The average Bonchev–Trinajstić information content (AvgIpc) is 3.65. The molecule has 2 aliphatic carbocycles. The maximum atomic E-state index is 13.2. The molecular weight excluding hydrogens is 463 g/mol. The number of methoxy groups -OCH3 is 1. The van der Waals surface area contributed by atoms with E-state index in [1.54, 1.807) is 12.3 Å². The zero-order valence-electron chi connectivity index (χ0n) is 20.8. The summed E-state index contributed by atoms with van der Waals surface area (Å²) in [6.45, 7) is 0. The van der Waals surface area contributed by atoms with Gasteiger partial charge in [-0.2, -0.15) is 5.10 Å². The molecule has 1 aromatic carbocycles. The van der Waals surface area contributed by atoms with Crippen molar-refractivity contribution in [2.75, 3.05) is 26.5 Å². The van der Waals surface area contributed by atoms with Crippen LogP contribution in [0.3, 0.4) is 0 Å². The van der Waals surface area contributed by atoms with Crippen LogP contribution in [0, 0.1) is 5.41 Å². The summed E-state index contributed by atoms with van der Waals surface area (Å²) in [7, 11) is 23.6. The lowest BCUT2D eigenvalue weighted by Crippen LogP contribution is -2.36. The Bertz CT molecular complexity index is 1540. The first-order valence-corrected chi connectivity index (χ1v) is 11.8. The van der Waals surface area contributed by atoms with Crippen LogP contribution in [0.15, 0.2) is 48.9 Å². The van der Waals surface area contributed by atoms with Gasteiger partial charge in [0.25, 0.3) is 0 Å². The number of amides is 1. The molecule has 3 heterocycles. The van der Waals surface area contributed by atoms with Crippen LogP contribution in [0.2, 0.25) is 0 Å². The lowest BCUT2D eigenvalue weighted by Gasteiger charge is -2.25. The molecule has 0 unspecified atom stereocenters. The largest absolute Gasteiger partial charge is 0.493 e. The van der Waals surface area contributed by atoms with E-state index in [9.17, 15) is 4.79 Å². The van der Waals surface area contributed by atoms with Gasteiger partial charge in [0.1, 0.15) is 17.5 Å². The maximum absolute atomic E-state index is 13.2. The number of nitrogens with zero attached hydrogens (tertiary/aromatic N) is 6. The molecule has 2 aliphatic rings. The summed E-state index contributed by atoms with van der Waals surface area (Å²) in [5.74, 6) is 0.639. The quantitative estimate of drug-likeness (QED) is 0.398. The summed E-state index contributed by atoms with van der Waals surface area (Å²) in [5, 5.41) is 5.61. The molecule has 37 heavy (non-hydrogen) atoms. The van der Waals surface area contributed by atoms with Gasteiger partial charge in [-0.3, -0.25) is 9.48 Å². The molecule has 178 valence electrons. The second kappa shape index (κ2) is 7.92. The number of carbonyl (C=O) groups is 1. The third kappa shape index (κ3) is 3.49. The number of aromatic nitrogens is 5. The van der Waals surface area contributed by atoms with Crippen LogP contribution in [0.5, 0.6) is 5.75 Å². The molecule has 6 radical (unpaired) electrons. The van der Waals surface area contributed by atoms with Crippen LogP contribution in [-0.2, 0) is 10.0 Å². The first kappa shape index (κ1) is 23.7. The van der Waals surface area contributed by atoms with Crippen LogP contribution in [0.1, 0.15) is 12.8 Å². The van der Waals surface area contributed by atoms with Gasteiger partial charge in [0.2, 0.25) is 5.91 Å². The molecule has 0 atom stereocenters. The number of benzene rings is 1. The van der Waals surface area contributed by atoms with E-state index in [1.165, 1.54) is 18.1 Å². The van der Waals surface area contributed by atoms with Gasteiger partial charge in [0, 0.05) is 22.7 Å². The van der Waals surface area contributed by atoms with Crippen molar-refractivity contribution in [1.29, 1.82) is 0 Å². The molecule has 4 aromatic rings. The van der Waals surface area contributed by atoms with Gasteiger partial charge in [-0.15, -0.1) is 0 Å². The molecule has 0 aliphatic heterocycles. The van der Waals surface area contributed by atoms with E-state index >= 15 is 0 Å². The second-order valence-corrected chi connectivity index (χ2v) is 10.0. The lowest BCUT2D eigenvalue weighted by atomic mass is 9.49. The average molecular weight is 485 g/mol. The number of hydrogen-bond donors (Lipinski definition) is 1. The minimum Gasteiger partial charge on any atom is -0.493 e. The Balaban J connectivity index is 1.48.